The fraction of sp³-hybridized carbons (Fsp3) is 0.211. The number of carbonyl (C=O) groups excluding carboxylic acids is 3. The van der Waals surface area contributed by atoms with Gasteiger partial charge in [-0.3, -0.25) is 19.4 Å². The maximum atomic E-state index is 12.9. The maximum absolute atomic E-state index is 12.9. The van der Waals surface area contributed by atoms with Crippen LogP contribution in [-0.4, -0.2) is 48.2 Å². The van der Waals surface area contributed by atoms with E-state index in [1.54, 1.807) is 42.5 Å². The number of carbonyl (C=O) groups is 3. The maximum Gasteiger partial charge on any atom is 0.263 e. The van der Waals surface area contributed by atoms with Crippen LogP contribution in [-0.2, 0) is 14.4 Å². The molecule has 1 N–H and O–H groups in total. The second kappa shape index (κ2) is 6.99. The van der Waals surface area contributed by atoms with E-state index in [1.807, 2.05) is 0 Å². The Kier molecular flexibility index (Phi) is 4.28. The summed E-state index contributed by atoms with van der Waals surface area (Å²) in [5, 5.41) is 12.2. The van der Waals surface area contributed by atoms with Crippen LogP contribution in [0.1, 0.15) is 0 Å². The molecule has 0 spiro atoms. The van der Waals surface area contributed by atoms with Crippen LogP contribution in [0.25, 0.3) is 0 Å². The fourth-order valence-corrected chi connectivity index (χ4v) is 3.65. The molecule has 3 aliphatic heterocycles. The van der Waals surface area contributed by atoms with Gasteiger partial charge in [0.1, 0.15) is 6.54 Å². The molecule has 11 heteroatoms. The Bertz CT molecular complexity index is 1090. The molecule has 152 valence electrons. The predicted octanol–water partition coefficient (Wildman–Crippen LogP) is 2.00. The molecule has 3 aliphatic rings. The van der Waals surface area contributed by atoms with Gasteiger partial charge in [0.05, 0.1) is 5.69 Å². The standard InChI is InChI=1S/C19H14ClN5O5/c20-10-1-4-12(5-2-10)25-18(27)16-17(19(25)28)24(23-22-16)8-15(26)21-11-3-6-13-14(7-11)30-9-29-13/h1-7,16-17H,8-9H2,(H,21,26)/t16-,17-/m1/s1. The Morgan fingerprint density at radius 2 is 1.87 bits per heavy atom. The lowest BCUT2D eigenvalue weighted by Gasteiger charge is -2.20. The summed E-state index contributed by atoms with van der Waals surface area (Å²) in [6, 6.07) is 9.38. The summed E-state index contributed by atoms with van der Waals surface area (Å²) in [6.45, 7) is -0.114. The number of nitrogens with one attached hydrogen (secondary N) is 1. The molecule has 0 aliphatic carbocycles. The molecule has 10 nitrogen and oxygen atoms in total. The van der Waals surface area contributed by atoms with E-state index in [-0.39, 0.29) is 13.3 Å². The molecule has 30 heavy (non-hydrogen) atoms. The third-order valence-electron chi connectivity index (χ3n) is 4.90. The number of amides is 3. The minimum absolute atomic E-state index is 0.129. The number of halogens is 1. The topological polar surface area (TPSA) is 113 Å². The van der Waals surface area contributed by atoms with E-state index in [0.29, 0.717) is 27.9 Å². The Balaban J connectivity index is 1.29. The number of hydrogen-bond acceptors (Lipinski definition) is 8. The molecule has 0 unspecified atom stereocenters. The first-order valence-electron chi connectivity index (χ1n) is 9.01. The summed E-state index contributed by atoms with van der Waals surface area (Å²) in [4.78, 5) is 39.1. The van der Waals surface area contributed by atoms with Gasteiger partial charge in [0.25, 0.3) is 11.8 Å². The van der Waals surface area contributed by atoms with Crippen LogP contribution in [0.4, 0.5) is 11.4 Å². The van der Waals surface area contributed by atoms with Gasteiger partial charge in [-0.05, 0) is 36.4 Å². The van der Waals surface area contributed by atoms with Gasteiger partial charge in [-0.25, -0.2) is 4.90 Å². The lowest BCUT2D eigenvalue weighted by molar-refractivity contribution is -0.123. The molecule has 0 bridgehead atoms. The van der Waals surface area contributed by atoms with Crippen molar-refractivity contribution in [2.75, 3.05) is 23.6 Å². The highest BCUT2D eigenvalue weighted by Crippen LogP contribution is 2.35. The Morgan fingerprint density at radius 1 is 1.10 bits per heavy atom. The van der Waals surface area contributed by atoms with Gasteiger partial charge in [-0.2, -0.15) is 5.11 Å². The van der Waals surface area contributed by atoms with Gasteiger partial charge in [0.15, 0.2) is 23.6 Å². The highest BCUT2D eigenvalue weighted by Gasteiger charge is 2.55. The second-order valence-electron chi connectivity index (χ2n) is 6.80. The van der Waals surface area contributed by atoms with Crippen molar-refractivity contribution in [2.24, 2.45) is 10.3 Å². The van der Waals surface area contributed by atoms with Crippen molar-refractivity contribution in [1.29, 1.82) is 0 Å². The molecule has 2 aromatic rings. The van der Waals surface area contributed by atoms with Crippen molar-refractivity contribution < 1.29 is 23.9 Å². The van der Waals surface area contributed by atoms with Crippen LogP contribution in [0.2, 0.25) is 5.02 Å². The smallest absolute Gasteiger partial charge is 0.263 e. The molecule has 2 atom stereocenters. The Labute approximate surface area is 175 Å². The van der Waals surface area contributed by atoms with Crippen LogP contribution >= 0.6 is 11.6 Å². The predicted molar refractivity (Wildman–Crippen MR) is 104 cm³/mol. The number of nitrogens with zero attached hydrogens (tertiary/aromatic N) is 4. The highest BCUT2D eigenvalue weighted by molar-refractivity contribution is 6.31. The van der Waals surface area contributed by atoms with E-state index in [0.717, 1.165) is 4.90 Å². The molecule has 2 aromatic carbocycles. The van der Waals surface area contributed by atoms with Crippen molar-refractivity contribution in [2.45, 2.75) is 12.1 Å². The van der Waals surface area contributed by atoms with E-state index in [2.05, 4.69) is 15.7 Å². The number of ether oxygens (including phenoxy) is 2. The van der Waals surface area contributed by atoms with E-state index in [9.17, 15) is 14.4 Å². The van der Waals surface area contributed by atoms with Crippen molar-refractivity contribution in [3.05, 3.63) is 47.5 Å². The van der Waals surface area contributed by atoms with Crippen molar-refractivity contribution in [1.82, 2.24) is 5.01 Å². The van der Waals surface area contributed by atoms with E-state index in [1.165, 1.54) is 5.01 Å². The Morgan fingerprint density at radius 3 is 2.67 bits per heavy atom. The van der Waals surface area contributed by atoms with Gasteiger partial charge < -0.3 is 14.8 Å². The number of benzene rings is 2. The monoisotopic (exact) mass is 427 g/mol. The van der Waals surface area contributed by atoms with Crippen molar-refractivity contribution in [3.63, 3.8) is 0 Å². The van der Waals surface area contributed by atoms with Crippen LogP contribution in [0.5, 0.6) is 11.5 Å². The van der Waals surface area contributed by atoms with E-state index < -0.39 is 29.8 Å². The van der Waals surface area contributed by atoms with Gasteiger partial charge in [-0.1, -0.05) is 16.8 Å². The average molecular weight is 428 g/mol. The number of anilines is 2. The van der Waals surface area contributed by atoms with E-state index in [4.69, 9.17) is 21.1 Å². The molecule has 1 saturated heterocycles. The summed E-state index contributed by atoms with van der Waals surface area (Å²) < 4.78 is 10.5. The van der Waals surface area contributed by atoms with Gasteiger partial charge in [0.2, 0.25) is 12.7 Å². The lowest BCUT2D eigenvalue weighted by Crippen LogP contribution is -2.43. The average Bonchev–Trinajstić information content (AvgIpc) is 3.41. The number of fused-ring (bicyclic) bond motifs is 2. The Hall–Kier alpha value is -3.66. The minimum atomic E-state index is -0.980. The lowest BCUT2D eigenvalue weighted by atomic mass is 10.1. The fourth-order valence-electron chi connectivity index (χ4n) is 3.52. The first-order chi connectivity index (χ1) is 14.5. The van der Waals surface area contributed by atoms with Crippen LogP contribution in [0, 0.1) is 0 Å². The molecule has 5 rings (SSSR count). The normalized spacial score (nSPS) is 21.4. The van der Waals surface area contributed by atoms with Gasteiger partial charge in [0, 0.05) is 16.8 Å². The zero-order chi connectivity index (χ0) is 20.8. The van der Waals surface area contributed by atoms with E-state index >= 15 is 0 Å². The third kappa shape index (κ3) is 3.01. The minimum Gasteiger partial charge on any atom is -0.454 e. The van der Waals surface area contributed by atoms with Crippen LogP contribution in [0.3, 0.4) is 0 Å². The molecular weight excluding hydrogens is 414 g/mol. The van der Waals surface area contributed by atoms with Crippen molar-refractivity contribution >= 4 is 40.7 Å². The third-order valence-corrected chi connectivity index (χ3v) is 5.16. The summed E-state index contributed by atoms with van der Waals surface area (Å²) in [6.07, 6.45) is 0. The number of hydrogen-bond donors (Lipinski definition) is 1. The summed E-state index contributed by atoms with van der Waals surface area (Å²) in [5.41, 5.74) is 0.900. The summed E-state index contributed by atoms with van der Waals surface area (Å²) >= 11 is 5.88. The SMILES string of the molecule is O=C(CN1N=N[C@H]2C(=O)N(c3ccc(Cl)cc3)C(=O)[C@@H]21)Nc1ccc2c(c1)OCO2. The molecule has 3 amide bonds. The summed E-state index contributed by atoms with van der Waals surface area (Å²) in [5.74, 6) is -0.271. The number of imide groups is 1. The van der Waals surface area contributed by atoms with Crippen LogP contribution in [0.15, 0.2) is 52.8 Å². The molecule has 0 saturated carbocycles. The van der Waals surface area contributed by atoms with Gasteiger partial charge >= 0.3 is 0 Å². The first-order valence-corrected chi connectivity index (χ1v) is 9.39. The first kappa shape index (κ1) is 18.4. The summed E-state index contributed by atoms with van der Waals surface area (Å²) in [7, 11) is 0. The quantitative estimate of drug-likeness (QED) is 0.747. The van der Waals surface area contributed by atoms with Crippen molar-refractivity contribution in [3.8, 4) is 11.5 Å². The molecule has 1 fully saturated rings. The zero-order valence-electron chi connectivity index (χ0n) is 15.3. The second-order valence-corrected chi connectivity index (χ2v) is 7.23. The molecular formula is C19H14ClN5O5. The highest BCUT2D eigenvalue weighted by atomic mass is 35.5. The number of rotatable bonds is 4. The largest absolute Gasteiger partial charge is 0.454 e. The molecule has 3 heterocycles. The van der Waals surface area contributed by atoms with Crippen LogP contribution < -0.4 is 19.7 Å². The zero-order valence-corrected chi connectivity index (χ0v) is 16.1. The van der Waals surface area contributed by atoms with Gasteiger partial charge in [-0.15, -0.1) is 0 Å². The molecule has 0 aromatic heterocycles. The molecule has 0 radical (unpaired) electrons.